The predicted octanol–water partition coefficient (Wildman–Crippen LogP) is 2.98. The summed E-state index contributed by atoms with van der Waals surface area (Å²) in [5.41, 5.74) is 3.88. The van der Waals surface area contributed by atoms with Crippen LogP contribution in [0.15, 0.2) is 58.6 Å². The fraction of sp³-hybridized carbons (Fsp3) is 0.333. The molecule has 0 bridgehead atoms. The van der Waals surface area contributed by atoms with Crippen LogP contribution in [0.4, 0.5) is 0 Å². The third-order valence-corrected chi connectivity index (χ3v) is 6.52. The van der Waals surface area contributed by atoms with Crippen LogP contribution < -0.4 is 15.7 Å². The highest BCUT2D eigenvalue weighted by molar-refractivity contribution is 7.99. The molecule has 0 unspecified atom stereocenters. The molecule has 32 heavy (non-hydrogen) atoms. The standard InChI is InChI=1S/C24H26N4O3S/c1-31-19-6-4-5-18(13-19)14-26-22(29)16-32-23-20-7-2-3-8-21(20)28(24(30)27-23)15-17-9-11-25-12-10-17/h4-6,9-13H,2-3,7-8,14-16H2,1H3,(H,26,29). The van der Waals surface area contributed by atoms with Crippen molar-refractivity contribution in [3.05, 3.63) is 81.7 Å². The number of pyridine rings is 1. The van der Waals surface area contributed by atoms with Crippen molar-refractivity contribution in [2.75, 3.05) is 12.9 Å². The summed E-state index contributed by atoms with van der Waals surface area (Å²) in [6.07, 6.45) is 7.32. The van der Waals surface area contributed by atoms with Crippen LogP contribution in [0.2, 0.25) is 0 Å². The highest BCUT2D eigenvalue weighted by Crippen LogP contribution is 2.28. The van der Waals surface area contributed by atoms with Gasteiger partial charge in [0, 0.05) is 30.2 Å². The molecule has 0 atom stereocenters. The number of rotatable bonds is 8. The number of ether oxygens (including phenoxy) is 1. The van der Waals surface area contributed by atoms with E-state index in [1.54, 1.807) is 24.1 Å². The van der Waals surface area contributed by atoms with Crippen molar-refractivity contribution in [2.24, 2.45) is 0 Å². The van der Waals surface area contributed by atoms with E-state index in [0.717, 1.165) is 53.8 Å². The fourth-order valence-electron chi connectivity index (χ4n) is 3.87. The summed E-state index contributed by atoms with van der Waals surface area (Å²) in [6, 6.07) is 11.4. The predicted molar refractivity (Wildman–Crippen MR) is 124 cm³/mol. The number of carbonyl (C=O) groups excluding carboxylic acids is 1. The Hall–Kier alpha value is -3.13. The molecular weight excluding hydrogens is 424 g/mol. The summed E-state index contributed by atoms with van der Waals surface area (Å²) in [5.74, 6) is 0.886. The minimum absolute atomic E-state index is 0.0925. The Morgan fingerprint density at radius 3 is 2.78 bits per heavy atom. The third kappa shape index (κ3) is 5.37. The van der Waals surface area contributed by atoms with Crippen LogP contribution in [0.5, 0.6) is 5.75 Å². The molecule has 1 amide bonds. The van der Waals surface area contributed by atoms with E-state index in [1.807, 2.05) is 36.4 Å². The highest BCUT2D eigenvalue weighted by Gasteiger charge is 2.21. The average Bonchev–Trinajstić information content (AvgIpc) is 2.84. The first-order valence-corrected chi connectivity index (χ1v) is 11.7. The van der Waals surface area contributed by atoms with Gasteiger partial charge >= 0.3 is 5.69 Å². The summed E-state index contributed by atoms with van der Waals surface area (Å²) < 4.78 is 6.99. The zero-order chi connectivity index (χ0) is 22.3. The molecule has 2 heterocycles. The SMILES string of the molecule is COc1cccc(CNC(=O)CSc2nc(=O)n(Cc3ccncc3)c3c2CCCC3)c1. The summed E-state index contributed by atoms with van der Waals surface area (Å²) in [6.45, 7) is 0.915. The lowest BCUT2D eigenvalue weighted by atomic mass is 9.97. The van der Waals surface area contributed by atoms with Gasteiger partial charge in [0.2, 0.25) is 5.91 Å². The van der Waals surface area contributed by atoms with Crippen molar-refractivity contribution in [3.8, 4) is 5.75 Å². The number of aromatic nitrogens is 3. The second-order valence-corrected chi connectivity index (χ2v) is 8.65. The van der Waals surface area contributed by atoms with E-state index in [1.165, 1.54) is 11.8 Å². The zero-order valence-corrected chi connectivity index (χ0v) is 18.9. The van der Waals surface area contributed by atoms with Gasteiger partial charge in [-0.15, -0.1) is 0 Å². The summed E-state index contributed by atoms with van der Waals surface area (Å²) in [4.78, 5) is 33.7. The van der Waals surface area contributed by atoms with Crippen LogP contribution in [0.3, 0.4) is 0 Å². The Morgan fingerprint density at radius 2 is 1.97 bits per heavy atom. The van der Waals surface area contributed by atoms with Crippen LogP contribution in [0, 0.1) is 0 Å². The van der Waals surface area contributed by atoms with Gasteiger partial charge in [-0.05, 0) is 61.1 Å². The van der Waals surface area contributed by atoms with Crippen molar-refractivity contribution >= 4 is 17.7 Å². The third-order valence-electron chi connectivity index (χ3n) is 5.50. The molecule has 0 aliphatic heterocycles. The Bertz CT molecular complexity index is 1150. The van der Waals surface area contributed by atoms with Crippen molar-refractivity contribution in [1.82, 2.24) is 19.9 Å². The van der Waals surface area contributed by atoms with Gasteiger partial charge in [0.25, 0.3) is 0 Å². The normalized spacial score (nSPS) is 12.8. The number of nitrogens with zero attached hydrogens (tertiary/aromatic N) is 3. The molecule has 0 fully saturated rings. The van der Waals surface area contributed by atoms with Crippen molar-refractivity contribution < 1.29 is 9.53 Å². The molecule has 1 aliphatic rings. The van der Waals surface area contributed by atoms with Gasteiger partial charge in [-0.25, -0.2) is 4.79 Å². The van der Waals surface area contributed by atoms with Crippen LogP contribution >= 0.6 is 11.8 Å². The lowest BCUT2D eigenvalue weighted by Crippen LogP contribution is -2.31. The highest BCUT2D eigenvalue weighted by atomic mass is 32.2. The molecule has 3 aromatic rings. The number of methoxy groups -OCH3 is 1. The first kappa shape index (κ1) is 22.1. The quantitative estimate of drug-likeness (QED) is 0.419. The maximum absolute atomic E-state index is 12.8. The van der Waals surface area contributed by atoms with Gasteiger partial charge < -0.3 is 10.1 Å². The van der Waals surface area contributed by atoms with E-state index >= 15 is 0 Å². The Morgan fingerprint density at radius 1 is 1.16 bits per heavy atom. The van der Waals surface area contributed by atoms with E-state index in [9.17, 15) is 9.59 Å². The zero-order valence-electron chi connectivity index (χ0n) is 18.0. The Kier molecular flexibility index (Phi) is 7.21. The number of carbonyl (C=O) groups is 1. The average molecular weight is 451 g/mol. The molecule has 0 radical (unpaired) electrons. The number of benzene rings is 1. The molecule has 7 nitrogen and oxygen atoms in total. The number of nitrogens with one attached hydrogen (secondary N) is 1. The van der Waals surface area contributed by atoms with Gasteiger partial charge in [-0.2, -0.15) is 4.98 Å². The van der Waals surface area contributed by atoms with Crippen molar-refractivity contribution in [1.29, 1.82) is 0 Å². The summed E-state index contributed by atoms with van der Waals surface area (Å²) in [5, 5.41) is 3.61. The van der Waals surface area contributed by atoms with Gasteiger partial charge in [-0.1, -0.05) is 23.9 Å². The molecule has 1 N–H and O–H groups in total. The van der Waals surface area contributed by atoms with Crippen molar-refractivity contribution in [3.63, 3.8) is 0 Å². The first-order chi connectivity index (χ1) is 15.6. The number of fused-ring (bicyclic) bond motifs is 1. The summed E-state index contributed by atoms with van der Waals surface area (Å²) in [7, 11) is 1.62. The maximum Gasteiger partial charge on any atom is 0.349 e. The van der Waals surface area contributed by atoms with Crippen LogP contribution in [-0.4, -0.2) is 33.3 Å². The molecule has 1 aliphatic carbocycles. The lowest BCUT2D eigenvalue weighted by Gasteiger charge is -2.22. The molecule has 0 spiro atoms. The van der Waals surface area contributed by atoms with Gasteiger partial charge in [0.05, 0.1) is 19.4 Å². The smallest absolute Gasteiger partial charge is 0.349 e. The molecule has 1 aromatic carbocycles. The van der Waals surface area contributed by atoms with Gasteiger partial charge in [-0.3, -0.25) is 14.3 Å². The largest absolute Gasteiger partial charge is 0.497 e. The molecular formula is C24H26N4O3S. The van der Waals surface area contributed by atoms with Gasteiger partial charge in [0.1, 0.15) is 10.8 Å². The molecule has 0 saturated carbocycles. The second kappa shape index (κ2) is 10.5. The summed E-state index contributed by atoms with van der Waals surface area (Å²) >= 11 is 1.34. The van der Waals surface area contributed by atoms with Crippen LogP contribution in [0.1, 0.15) is 35.2 Å². The monoisotopic (exact) mass is 450 g/mol. The Labute approximate surface area is 191 Å². The number of thioether (sulfide) groups is 1. The van der Waals surface area contributed by atoms with E-state index in [-0.39, 0.29) is 17.3 Å². The molecule has 8 heteroatoms. The Balaban J connectivity index is 1.45. The second-order valence-electron chi connectivity index (χ2n) is 7.69. The van der Waals surface area contributed by atoms with Crippen LogP contribution in [0.25, 0.3) is 0 Å². The fourth-order valence-corrected chi connectivity index (χ4v) is 4.78. The van der Waals surface area contributed by atoms with E-state index < -0.39 is 0 Å². The van der Waals surface area contributed by atoms with Crippen LogP contribution in [-0.2, 0) is 30.7 Å². The van der Waals surface area contributed by atoms with E-state index in [2.05, 4.69) is 15.3 Å². The van der Waals surface area contributed by atoms with Gasteiger partial charge in [0.15, 0.2) is 0 Å². The lowest BCUT2D eigenvalue weighted by molar-refractivity contribution is -0.118. The molecule has 0 saturated heterocycles. The number of amides is 1. The topological polar surface area (TPSA) is 86.1 Å². The first-order valence-electron chi connectivity index (χ1n) is 10.7. The van der Waals surface area contributed by atoms with Crippen molar-refractivity contribution in [2.45, 2.75) is 43.8 Å². The van der Waals surface area contributed by atoms with E-state index in [4.69, 9.17) is 4.74 Å². The minimum atomic E-state index is -0.262. The minimum Gasteiger partial charge on any atom is -0.497 e. The number of hydrogen-bond donors (Lipinski definition) is 1. The molecule has 166 valence electrons. The molecule has 2 aromatic heterocycles. The molecule has 4 rings (SSSR count). The van der Waals surface area contributed by atoms with E-state index in [0.29, 0.717) is 18.1 Å². The number of hydrogen-bond acceptors (Lipinski definition) is 6. The maximum atomic E-state index is 12.8.